The van der Waals surface area contributed by atoms with Crippen LogP contribution < -0.4 is 0 Å². The van der Waals surface area contributed by atoms with Gasteiger partial charge < -0.3 is 10.2 Å². The number of halogens is 3. The molecule has 3 aromatic carbocycles. The Labute approximate surface area is 189 Å². The normalized spacial score (nSPS) is 12.2. The predicted molar refractivity (Wildman–Crippen MR) is 121 cm³/mol. The fraction of sp³-hybridized carbons (Fsp3) is 0.192. The van der Waals surface area contributed by atoms with Crippen LogP contribution in [0.3, 0.4) is 0 Å². The Balaban J connectivity index is 1.98. The molecule has 7 heteroatoms. The predicted octanol–water partition coefficient (Wildman–Crippen LogP) is 5.94. The Morgan fingerprint density at radius 1 is 0.848 bits per heavy atom. The van der Waals surface area contributed by atoms with E-state index in [2.05, 4.69) is 4.98 Å². The zero-order chi connectivity index (χ0) is 23.8. The molecule has 0 aliphatic carbocycles. The number of hydrogen-bond acceptors (Lipinski definition) is 3. The minimum atomic E-state index is -4.57. The minimum absolute atomic E-state index is 0.0778. The Morgan fingerprint density at radius 2 is 1.45 bits per heavy atom. The van der Waals surface area contributed by atoms with E-state index < -0.39 is 17.3 Å². The summed E-state index contributed by atoms with van der Waals surface area (Å²) in [5, 5.41) is 19.9. The summed E-state index contributed by atoms with van der Waals surface area (Å²) in [7, 11) is 0. The Morgan fingerprint density at radius 3 is 2.06 bits per heavy atom. The summed E-state index contributed by atoms with van der Waals surface area (Å²) >= 11 is 0. The van der Waals surface area contributed by atoms with E-state index in [4.69, 9.17) is 0 Å². The second kappa shape index (κ2) is 8.50. The molecule has 0 atom stereocenters. The highest BCUT2D eigenvalue weighted by atomic mass is 19.4. The molecule has 0 fully saturated rings. The average molecular weight is 452 g/mol. The maximum Gasteiger partial charge on any atom is 0.417 e. The van der Waals surface area contributed by atoms with Gasteiger partial charge in [-0.15, -0.1) is 0 Å². The molecule has 0 aliphatic rings. The maximum absolute atomic E-state index is 13.8. The second-order valence-corrected chi connectivity index (χ2v) is 8.29. The van der Waals surface area contributed by atoms with Gasteiger partial charge >= 0.3 is 6.18 Å². The van der Waals surface area contributed by atoms with Crippen molar-refractivity contribution in [3.05, 3.63) is 95.8 Å². The first kappa shape index (κ1) is 22.8. The van der Waals surface area contributed by atoms with Crippen LogP contribution in [-0.2, 0) is 18.4 Å². The van der Waals surface area contributed by atoms with Crippen molar-refractivity contribution < 1.29 is 23.4 Å². The summed E-state index contributed by atoms with van der Waals surface area (Å²) in [5.41, 5.74) is 0.982. The molecule has 0 aliphatic heterocycles. The van der Waals surface area contributed by atoms with E-state index in [1.165, 1.54) is 18.2 Å². The number of para-hydroxylation sites is 1. The van der Waals surface area contributed by atoms with Crippen molar-refractivity contribution in [3.63, 3.8) is 0 Å². The lowest BCUT2D eigenvalue weighted by Crippen LogP contribution is -2.15. The Bertz CT molecular complexity index is 1270. The first-order valence-electron chi connectivity index (χ1n) is 10.4. The quantitative estimate of drug-likeness (QED) is 0.394. The van der Waals surface area contributed by atoms with Gasteiger partial charge in [-0.05, 0) is 37.1 Å². The number of hydrogen-bond donors (Lipinski definition) is 2. The number of aliphatic hydroxyl groups is 2. The van der Waals surface area contributed by atoms with Crippen LogP contribution >= 0.6 is 0 Å². The molecule has 4 nitrogen and oxygen atoms in total. The molecular formula is C26H23F3N2O2. The third-order valence-electron chi connectivity index (χ3n) is 5.42. The summed E-state index contributed by atoms with van der Waals surface area (Å²) in [6, 6.07) is 19.9. The number of imidazole rings is 1. The standard InChI is InChI=1S/C26H23F3N2O2/c1-25(2,33)23-15-31(24(30-23)20-8-3-5-9-21(20)26(27,28)29)22-10-6-4-7-19(22)18-13-11-17(16-32)12-14-18/h3-15,32-33H,16H2,1-2H3. The van der Waals surface area contributed by atoms with Gasteiger partial charge in [0.05, 0.1) is 23.6 Å². The molecule has 1 aromatic heterocycles. The topological polar surface area (TPSA) is 58.3 Å². The van der Waals surface area contributed by atoms with E-state index in [0.717, 1.165) is 22.8 Å². The lowest BCUT2D eigenvalue weighted by Gasteiger charge is -2.16. The smallest absolute Gasteiger partial charge is 0.392 e. The summed E-state index contributed by atoms with van der Waals surface area (Å²) in [6.07, 6.45) is -2.99. The van der Waals surface area contributed by atoms with Crippen molar-refractivity contribution in [2.45, 2.75) is 32.2 Å². The summed E-state index contributed by atoms with van der Waals surface area (Å²) in [6.45, 7) is 2.99. The fourth-order valence-corrected chi connectivity index (χ4v) is 3.69. The van der Waals surface area contributed by atoms with Gasteiger partial charge in [0.1, 0.15) is 11.4 Å². The van der Waals surface area contributed by atoms with Crippen LogP contribution in [-0.4, -0.2) is 19.8 Å². The highest BCUT2D eigenvalue weighted by Gasteiger charge is 2.35. The summed E-state index contributed by atoms with van der Waals surface area (Å²) in [5.74, 6) is 0.0829. The zero-order valence-corrected chi connectivity index (χ0v) is 18.1. The van der Waals surface area contributed by atoms with E-state index in [-0.39, 0.29) is 23.7 Å². The number of aromatic nitrogens is 2. The monoisotopic (exact) mass is 452 g/mol. The van der Waals surface area contributed by atoms with Gasteiger partial charge in [-0.1, -0.05) is 60.7 Å². The lowest BCUT2D eigenvalue weighted by molar-refractivity contribution is -0.137. The first-order chi connectivity index (χ1) is 15.6. The van der Waals surface area contributed by atoms with E-state index in [9.17, 15) is 23.4 Å². The number of alkyl halides is 3. The van der Waals surface area contributed by atoms with Crippen LogP contribution in [0.4, 0.5) is 13.2 Å². The largest absolute Gasteiger partial charge is 0.417 e. The minimum Gasteiger partial charge on any atom is -0.392 e. The van der Waals surface area contributed by atoms with Crippen molar-refractivity contribution in [3.8, 4) is 28.2 Å². The van der Waals surface area contributed by atoms with Gasteiger partial charge in [-0.2, -0.15) is 13.2 Å². The van der Waals surface area contributed by atoms with Gasteiger partial charge in [0.15, 0.2) is 0 Å². The molecular weight excluding hydrogens is 429 g/mol. The first-order valence-corrected chi connectivity index (χ1v) is 10.4. The fourth-order valence-electron chi connectivity index (χ4n) is 3.69. The average Bonchev–Trinajstić information content (AvgIpc) is 3.24. The maximum atomic E-state index is 13.8. The zero-order valence-electron chi connectivity index (χ0n) is 18.1. The number of nitrogens with zero attached hydrogens (tertiary/aromatic N) is 2. The SMILES string of the molecule is CC(C)(O)c1cn(-c2ccccc2-c2ccc(CO)cc2)c(-c2ccccc2C(F)(F)F)n1. The van der Waals surface area contributed by atoms with Gasteiger partial charge in [0.2, 0.25) is 0 Å². The van der Waals surface area contributed by atoms with Crippen molar-refractivity contribution in [2.75, 3.05) is 0 Å². The van der Waals surface area contributed by atoms with Crippen molar-refractivity contribution in [1.82, 2.24) is 9.55 Å². The number of aliphatic hydroxyl groups excluding tert-OH is 1. The molecule has 0 amide bonds. The molecule has 0 bridgehead atoms. The van der Waals surface area contributed by atoms with E-state index in [1.807, 2.05) is 24.3 Å². The summed E-state index contributed by atoms with van der Waals surface area (Å²) in [4.78, 5) is 4.44. The van der Waals surface area contributed by atoms with Crippen LogP contribution in [0.5, 0.6) is 0 Å². The van der Waals surface area contributed by atoms with Crippen LogP contribution in [0.1, 0.15) is 30.7 Å². The Hall–Kier alpha value is -3.42. The van der Waals surface area contributed by atoms with Gasteiger partial charge in [-0.3, -0.25) is 4.57 Å². The van der Waals surface area contributed by atoms with Crippen molar-refractivity contribution in [1.29, 1.82) is 0 Å². The molecule has 4 rings (SSSR count). The van der Waals surface area contributed by atoms with Crippen LogP contribution in [0.25, 0.3) is 28.2 Å². The Kier molecular flexibility index (Phi) is 5.86. The highest BCUT2D eigenvalue weighted by molar-refractivity contribution is 5.76. The van der Waals surface area contributed by atoms with E-state index in [1.54, 1.807) is 48.9 Å². The van der Waals surface area contributed by atoms with Gasteiger partial charge in [0, 0.05) is 17.3 Å². The van der Waals surface area contributed by atoms with Crippen LogP contribution in [0, 0.1) is 0 Å². The van der Waals surface area contributed by atoms with Crippen molar-refractivity contribution >= 4 is 0 Å². The molecule has 1 heterocycles. The molecule has 0 spiro atoms. The van der Waals surface area contributed by atoms with Crippen LogP contribution in [0.2, 0.25) is 0 Å². The lowest BCUT2D eigenvalue weighted by atomic mass is 10.0. The van der Waals surface area contributed by atoms with Gasteiger partial charge in [-0.25, -0.2) is 4.98 Å². The second-order valence-electron chi connectivity index (χ2n) is 8.29. The molecule has 33 heavy (non-hydrogen) atoms. The molecule has 4 aromatic rings. The highest BCUT2D eigenvalue weighted by Crippen LogP contribution is 2.39. The third-order valence-corrected chi connectivity index (χ3v) is 5.42. The van der Waals surface area contributed by atoms with Gasteiger partial charge in [0.25, 0.3) is 0 Å². The number of rotatable bonds is 5. The van der Waals surface area contributed by atoms with Crippen molar-refractivity contribution in [2.24, 2.45) is 0 Å². The molecule has 0 saturated carbocycles. The van der Waals surface area contributed by atoms with Crippen LogP contribution in [0.15, 0.2) is 79.0 Å². The number of benzene rings is 3. The third kappa shape index (κ3) is 4.55. The molecule has 0 unspecified atom stereocenters. The van der Waals surface area contributed by atoms with E-state index >= 15 is 0 Å². The molecule has 0 saturated heterocycles. The van der Waals surface area contributed by atoms with E-state index in [0.29, 0.717) is 5.69 Å². The molecule has 2 N–H and O–H groups in total. The molecule has 170 valence electrons. The molecule has 0 radical (unpaired) electrons. The summed E-state index contributed by atoms with van der Waals surface area (Å²) < 4.78 is 43.0.